The minimum absolute atomic E-state index is 0.149. The number of carbonyl (C=O) groups excluding carboxylic acids is 1. The molecule has 1 N–H and O–H groups in total. The molecule has 3 aromatic carbocycles. The molecule has 0 unspecified atom stereocenters. The van der Waals surface area contributed by atoms with E-state index in [9.17, 15) is 13.2 Å². The van der Waals surface area contributed by atoms with E-state index in [1.54, 1.807) is 24.3 Å². The third-order valence-corrected chi connectivity index (χ3v) is 7.08. The quantitative estimate of drug-likeness (QED) is 0.542. The van der Waals surface area contributed by atoms with Crippen LogP contribution in [0.5, 0.6) is 0 Å². The molecular weight excluding hydrogens is 422 g/mol. The molecule has 0 spiro atoms. The van der Waals surface area contributed by atoms with Crippen molar-refractivity contribution in [2.75, 3.05) is 27.7 Å². The fourth-order valence-corrected chi connectivity index (χ4v) is 4.61. The van der Waals surface area contributed by atoms with Crippen LogP contribution in [0.1, 0.15) is 11.1 Å². The molecule has 3 rings (SSSR count). The second-order valence-electron chi connectivity index (χ2n) is 7.87. The number of nitrogens with zero attached hydrogens (tertiary/aromatic N) is 2. The zero-order chi connectivity index (χ0) is 23.1. The van der Waals surface area contributed by atoms with Crippen LogP contribution in [-0.4, -0.2) is 51.2 Å². The lowest BCUT2D eigenvalue weighted by Gasteiger charge is -2.19. The van der Waals surface area contributed by atoms with Gasteiger partial charge in [0.2, 0.25) is 15.9 Å². The second kappa shape index (κ2) is 10.5. The van der Waals surface area contributed by atoms with Crippen molar-refractivity contribution in [3.8, 4) is 11.1 Å². The molecule has 0 fully saturated rings. The first-order chi connectivity index (χ1) is 15.3. The SMILES string of the molecule is CN(CC(=O)NCc1ccccc1S(=O)(=O)N(C)C)Cc1ccccc1-c1ccccc1. The Balaban J connectivity index is 1.63. The molecule has 0 heterocycles. The van der Waals surface area contributed by atoms with Crippen molar-refractivity contribution in [3.05, 3.63) is 90.0 Å². The number of nitrogens with one attached hydrogen (secondary N) is 1. The van der Waals surface area contributed by atoms with Crippen molar-refractivity contribution < 1.29 is 13.2 Å². The maximum Gasteiger partial charge on any atom is 0.242 e. The lowest BCUT2D eigenvalue weighted by Crippen LogP contribution is -2.35. The molecular formula is C25H29N3O3S. The Kier molecular flexibility index (Phi) is 7.80. The summed E-state index contributed by atoms with van der Waals surface area (Å²) in [7, 11) is 1.30. The van der Waals surface area contributed by atoms with Gasteiger partial charge in [-0.2, -0.15) is 0 Å². The highest BCUT2D eigenvalue weighted by molar-refractivity contribution is 7.89. The van der Waals surface area contributed by atoms with Crippen molar-refractivity contribution in [1.29, 1.82) is 0 Å². The van der Waals surface area contributed by atoms with E-state index in [2.05, 4.69) is 29.6 Å². The van der Waals surface area contributed by atoms with E-state index in [1.165, 1.54) is 18.4 Å². The van der Waals surface area contributed by atoms with Crippen LogP contribution in [0, 0.1) is 0 Å². The van der Waals surface area contributed by atoms with E-state index in [0.29, 0.717) is 12.1 Å². The van der Waals surface area contributed by atoms with Gasteiger partial charge in [-0.25, -0.2) is 12.7 Å². The lowest BCUT2D eigenvalue weighted by atomic mass is 9.99. The molecule has 0 saturated heterocycles. The summed E-state index contributed by atoms with van der Waals surface area (Å²) in [4.78, 5) is 14.7. The minimum Gasteiger partial charge on any atom is -0.351 e. The molecule has 1 amide bonds. The van der Waals surface area contributed by atoms with Crippen LogP contribution in [0.3, 0.4) is 0 Å². The number of carbonyl (C=O) groups is 1. The molecule has 0 saturated carbocycles. The summed E-state index contributed by atoms with van der Waals surface area (Å²) in [5.74, 6) is -0.165. The van der Waals surface area contributed by atoms with Gasteiger partial charge in [-0.3, -0.25) is 9.69 Å². The molecule has 0 aliphatic carbocycles. The lowest BCUT2D eigenvalue weighted by molar-refractivity contribution is -0.122. The van der Waals surface area contributed by atoms with Crippen LogP contribution in [0.25, 0.3) is 11.1 Å². The fourth-order valence-electron chi connectivity index (χ4n) is 3.50. The van der Waals surface area contributed by atoms with Crippen LogP contribution < -0.4 is 5.32 Å². The maximum atomic E-state index is 12.6. The van der Waals surface area contributed by atoms with Crippen LogP contribution in [0.2, 0.25) is 0 Å². The number of hydrogen-bond acceptors (Lipinski definition) is 4. The van der Waals surface area contributed by atoms with Gasteiger partial charge in [-0.15, -0.1) is 0 Å². The summed E-state index contributed by atoms with van der Waals surface area (Å²) >= 11 is 0. The maximum absolute atomic E-state index is 12.6. The summed E-state index contributed by atoms with van der Waals surface area (Å²) < 4.78 is 26.2. The Morgan fingerprint density at radius 3 is 2.09 bits per heavy atom. The van der Waals surface area contributed by atoms with E-state index >= 15 is 0 Å². The number of rotatable bonds is 9. The van der Waals surface area contributed by atoms with Gasteiger partial charge >= 0.3 is 0 Å². The van der Waals surface area contributed by atoms with E-state index in [4.69, 9.17) is 0 Å². The van der Waals surface area contributed by atoms with E-state index < -0.39 is 10.0 Å². The van der Waals surface area contributed by atoms with Crippen molar-refractivity contribution in [3.63, 3.8) is 0 Å². The van der Waals surface area contributed by atoms with Crippen LogP contribution >= 0.6 is 0 Å². The van der Waals surface area contributed by atoms with Crippen LogP contribution in [0.4, 0.5) is 0 Å². The molecule has 6 nitrogen and oxygen atoms in total. The van der Waals surface area contributed by atoms with E-state index in [-0.39, 0.29) is 23.9 Å². The van der Waals surface area contributed by atoms with Gasteiger partial charge in [-0.05, 0) is 35.4 Å². The average Bonchev–Trinajstić information content (AvgIpc) is 2.78. The third-order valence-electron chi connectivity index (χ3n) is 5.16. The third kappa shape index (κ3) is 5.82. The first-order valence-corrected chi connectivity index (χ1v) is 11.8. The van der Waals surface area contributed by atoms with Crippen molar-refractivity contribution >= 4 is 15.9 Å². The monoisotopic (exact) mass is 451 g/mol. The van der Waals surface area contributed by atoms with Gasteiger partial charge in [0.05, 0.1) is 11.4 Å². The zero-order valence-electron chi connectivity index (χ0n) is 18.7. The molecule has 168 valence electrons. The Bertz CT molecular complexity index is 1160. The molecule has 3 aromatic rings. The summed E-state index contributed by atoms with van der Waals surface area (Å²) in [6, 6.07) is 25.0. The molecule has 0 atom stereocenters. The highest BCUT2D eigenvalue weighted by atomic mass is 32.2. The fraction of sp³-hybridized carbons (Fsp3) is 0.240. The van der Waals surface area contributed by atoms with Gasteiger partial charge < -0.3 is 5.32 Å². The minimum atomic E-state index is -3.58. The molecule has 32 heavy (non-hydrogen) atoms. The summed E-state index contributed by atoms with van der Waals surface area (Å²) in [5, 5.41) is 2.85. The normalized spacial score (nSPS) is 11.7. The zero-order valence-corrected chi connectivity index (χ0v) is 19.5. The highest BCUT2D eigenvalue weighted by Gasteiger charge is 2.21. The molecule has 0 bridgehead atoms. The largest absolute Gasteiger partial charge is 0.351 e. The predicted octanol–water partition coefficient (Wildman–Crippen LogP) is 3.35. The molecule has 0 aliphatic rings. The second-order valence-corrected chi connectivity index (χ2v) is 9.99. The first kappa shape index (κ1) is 23.7. The summed E-state index contributed by atoms with van der Waals surface area (Å²) in [6.07, 6.45) is 0. The van der Waals surface area contributed by atoms with Crippen molar-refractivity contribution in [2.45, 2.75) is 18.0 Å². The smallest absolute Gasteiger partial charge is 0.242 e. The Morgan fingerprint density at radius 1 is 0.812 bits per heavy atom. The van der Waals surface area contributed by atoms with E-state index in [0.717, 1.165) is 16.7 Å². The summed E-state index contributed by atoms with van der Waals surface area (Å²) in [6.45, 7) is 0.965. The highest BCUT2D eigenvalue weighted by Crippen LogP contribution is 2.24. The molecule has 7 heteroatoms. The van der Waals surface area contributed by atoms with Crippen molar-refractivity contribution in [2.24, 2.45) is 0 Å². The summed E-state index contributed by atoms with van der Waals surface area (Å²) in [5.41, 5.74) is 3.98. The standard InChI is InChI=1S/C25H29N3O3S/c1-27(2)32(30,31)24-16-10-8-13-21(24)17-26-25(29)19-28(3)18-22-14-7-9-15-23(22)20-11-5-4-6-12-20/h4-16H,17-19H2,1-3H3,(H,26,29). The van der Waals surface area contributed by atoms with Crippen LogP contribution in [0.15, 0.2) is 83.8 Å². The van der Waals surface area contributed by atoms with Gasteiger partial charge in [0.1, 0.15) is 0 Å². The van der Waals surface area contributed by atoms with Crippen molar-refractivity contribution in [1.82, 2.24) is 14.5 Å². The van der Waals surface area contributed by atoms with Crippen LogP contribution in [-0.2, 0) is 27.9 Å². The Hall–Kier alpha value is -3.00. The molecule has 0 aliphatic heterocycles. The number of hydrogen-bond donors (Lipinski definition) is 1. The van der Waals surface area contributed by atoms with Gasteiger partial charge in [0.25, 0.3) is 0 Å². The number of benzene rings is 3. The van der Waals surface area contributed by atoms with Gasteiger partial charge in [0.15, 0.2) is 0 Å². The van der Waals surface area contributed by atoms with Gasteiger partial charge in [0, 0.05) is 27.2 Å². The topological polar surface area (TPSA) is 69.7 Å². The number of sulfonamides is 1. The molecule has 0 aromatic heterocycles. The van der Waals surface area contributed by atoms with E-state index in [1.807, 2.05) is 42.3 Å². The van der Waals surface area contributed by atoms with Gasteiger partial charge in [-0.1, -0.05) is 72.8 Å². The average molecular weight is 452 g/mol. The Morgan fingerprint density at radius 2 is 1.41 bits per heavy atom. The number of amides is 1. The first-order valence-electron chi connectivity index (χ1n) is 10.4. The Labute approximate surface area is 190 Å². The number of likely N-dealkylation sites (N-methyl/N-ethyl adjacent to an activating group) is 1. The predicted molar refractivity (Wildman–Crippen MR) is 127 cm³/mol. The molecule has 0 radical (unpaired) electrons.